The van der Waals surface area contributed by atoms with Gasteiger partial charge in [-0.1, -0.05) is 5.57 Å². The van der Waals surface area contributed by atoms with E-state index in [2.05, 4.69) is 4.98 Å². The van der Waals surface area contributed by atoms with Gasteiger partial charge in [0.1, 0.15) is 5.01 Å². The Balaban J connectivity index is 3.23. The fraction of sp³-hybridized carbons (Fsp3) is 0.444. The van der Waals surface area contributed by atoms with Crippen molar-refractivity contribution in [2.24, 2.45) is 0 Å². The topological polar surface area (TPSA) is 12.9 Å². The zero-order chi connectivity index (χ0) is 10.9. The average Bonchev–Trinajstić information content (AvgIpc) is 2.31. The van der Waals surface area contributed by atoms with Crippen molar-refractivity contribution in [2.45, 2.75) is 26.9 Å². The Bertz CT molecular complexity index is 358. The molecule has 0 aliphatic heterocycles. The Morgan fingerprint density at radius 2 is 1.93 bits per heavy atom. The van der Waals surface area contributed by atoms with Crippen LogP contribution in [-0.4, -0.2) is 11.2 Å². The molecule has 1 aromatic rings. The summed E-state index contributed by atoms with van der Waals surface area (Å²) < 4.78 is 37.7. The predicted molar refractivity (Wildman–Crippen MR) is 51.2 cm³/mol. The Labute approximate surface area is 84.3 Å². The van der Waals surface area contributed by atoms with Crippen LogP contribution in [0.4, 0.5) is 13.2 Å². The first-order valence-corrected chi connectivity index (χ1v) is 4.87. The van der Waals surface area contributed by atoms with Gasteiger partial charge in [-0.05, 0) is 20.8 Å². The van der Waals surface area contributed by atoms with Crippen molar-refractivity contribution < 1.29 is 13.2 Å². The summed E-state index contributed by atoms with van der Waals surface area (Å²) >= 11 is 1.02. The number of hydrogen-bond acceptors (Lipinski definition) is 2. The van der Waals surface area contributed by atoms with E-state index >= 15 is 0 Å². The molecular formula is C9H10F3NS. The largest absolute Gasteiger partial charge is 0.419 e. The highest BCUT2D eigenvalue weighted by atomic mass is 32.1. The molecule has 0 aromatic carbocycles. The predicted octanol–water partition coefficient (Wildman–Crippen LogP) is 3.81. The van der Waals surface area contributed by atoms with Gasteiger partial charge in [-0.25, -0.2) is 4.98 Å². The van der Waals surface area contributed by atoms with E-state index in [4.69, 9.17) is 0 Å². The number of alkyl halides is 3. The second-order valence-corrected chi connectivity index (χ2v) is 4.02. The molecule has 1 heterocycles. The third kappa shape index (κ3) is 2.35. The third-order valence-corrected chi connectivity index (χ3v) is 2.59. The summed E-state index contributed by atoms with van der Waals surface area (Å²) in [5.74, 6) is 0. The highest BCUT2D eigenvalue weighted by Gasteiger charge is 2.37. The van der Waals surface area contributed by atoms with Crippen molar-refractivity contribution in [3.8, 4) is 0 Å². The first-order chi connectivity index (χ1) is 6.32. The summed E-state index contributed by atoms with van der Waals surface area (Å²) in [6.45, 7) is 4.57. The minimum atomic E-state index is -4.32. The fourth-order valence-electron chi connectivity index (χ4n) is 1.09. The SMILES string of the molecule is CC(C)=C(c1nc(C)cs1)C(F)(F)F. The van der Waals surface area contributed by atoms with Gasteiger partial charge in [0.2, 0.25) is 0 Å². The average molecular weight is 221 g/mol. The fourth-order valence-corrected chi connectivity index (χ4v) is 2.06. The Hall–Kier alpha value is -0.840. The third-order valence-electron chi connectivity index (χ3n) is 1.62. The van der Waals surface area contributed by atoms with Gasteiger partial charge in [0.05, 0.1) is 5.57 Å². The van der Waals surface area contributed by atoms with E-state index in [0.29, 0.717) is 5.69 Å². The minimum Gasteiger partial charge on any atom is -0.241 e. The van der Waals surface area contributed by atoms with E-state index in [1.807, 2.05) is 0 Å². The molecule has 0 unspecified atom stereocenters. The summed E-state index contributed by atoms with van der Waals surface area (Å²) in [4.78, 5) is 3.84. The van der Waals surface area contributed by atoms with Crippen molar-refractivity contribution in [1.29, 1.82) is 0 Å². The maximum Gasteiger partial charge on any atom is 0.419 e. The number of thiazole rings is 1. The molecule has 14 heavy (non-hydrogen) atoms. The molecule has 0 N–H and O–H groups in total. The van der Waals surface area contributed by atoms with Crippen LogP contribution in [0, 0.1) is 6.92 Å². The quantitative estimate of drug-likeness (QED) is 0.702. The molecular weight excluding hydrogens is 211 g/mol. The number of rotatable bonds is 1. The van der Waals surface area contributed by atoms with Crippen LogP contribution >= 0.6 is 11.3 Å². The van der Waals surface area contributed by atoms with Crippen molar-refractivity contribution in [3.63, 3.8) is 0 Å². The van der Waals surface area contributed by atoms with Gasteiger partial charge in [-0.15, -0.1) is 11.3 Å². The van der Waals surface area contributed by atoms with Gasteiger partial charge in [0.15, 0.2) is 0 Å². The molecule has 0 radical (unpaired) electrons. The number of aryl methyl sites for hydroxylation is 1. The Morgan fingerprint density at radius 1 is 1.36 bits per heavy atom. The monoisotopic (exact) mass is 221 g/mol. The van der Waals surface area contributed by atoms with Gasteiger partial charge in [-0.2, -0.15) is 13.2 Å². The van der Waals surface area contributed by atoms with E-state index in [9.17, 15) is 13.2 Å². The summed E-state index contributed by atoms with van der Waals surface area (Å²) in [7, 11) is 0. The Kier molecular flexibility index (Phi) is 2.99. The van der Waals surface area contributed by atoms with Gasteiger partial charge in [0.25, 0.3) is 0 Å². The van der Waals surface area contributed by atoms with Crippen molar-refractivity contribution in [3.05, 3.63) is 21.7 Å². The molecule has 0 saturated carbocycles. The normalized spacial score (nSPS) is 11.6. The Morgan fingerprint density at radius 3 is 2.21 bits per heavy atom. The molecule has 1 nitrogen and oxygen atoms in total. The highest BCUT2D eigenvalue weighted by Crippen LogP contribution is 2.37. The van der Waals surface area contributed by atoms with E-state index in [0.717, 1.165) is 11.3 Å². The number of nitrogens with zero attached hydrogens (tertiary/aromatic N) is 1. The molecule has 1 aromatic heterocycles. The van der Waals surface area contributed by atoms with E-state index < -0.39 is 11.7 Å². The minimum absolute atomic E-state index is 0.0509. The molecule has 0 amide bonds. The van der Waals surface area contributed by atoms with Crippen LogP contribution in [-0.2, 0) is 0 Å². The molecule has 0 aliphatic carbocycles. The zero-order valence-electron chi connectivity index (χ0n) is 8.07. The van der Waals surface area contributed by atoms with Crippen LogP contribution in [0.2, 0.25) is 0 Å². The zero-order valence-corrected chi connectivity index (χ0v) is 8.88. The van der Waals surface area contributed by atoms with Gasteiger partial charge in [-0.3, -0.25) is 0 Å². The van der Waals surface area contributed by atoms with E-state index in [1.54, 1.807) is 12.3 Å². The smallest absolute Gasteiger partial charge is 0.241 e. The maximum absolute atomic E-state index is 12.6. The van der Waals surface area contributed by atoms with Crippen molar-refractivity contribution >= 4 is 16.9 Å². The van der Waals surface area contributed by atoms with E-state index in [-0.39, 0.29) is 10.6 Å². The molecule has 0 spiro atoms. The second-order valence-electron chi connectivity index (χ2n) is 3.17. The summed E-state index contributed by atoms with van der Waals surface area (Å²) in [5.41, 5.74) is 0.246. The standard InChI is InChI=1S/C9H10F3NS/c1-5(2)7(9(10,11)12)8-13-6(3)4-14-8/h4H,1-3H3. The molecule has 0 fully saturated rings. The lowest BCUT2D eigenvalue weighted by atomic mass is 10.1. The summed E-state index contributed by atoms with van der Waals surface area (Å²) in [6, 6.07) is 0. The molecule has 0 aliphatic rings. The maximum atomic E-state index is 12.6. The first kappa shape index (κ1) is 11.2. The molecule has 78 valence electrons. The van der Waals surface area contributed by atoms with Crippen LogP contribution in [0.1, 0.15) is 24.5 Å². The van der Waals surface area contributed by atoms with Crippen LogP contribution in [0.25, 0.3) is 5.57 Å². The van der Waals surface area contributed by atoms with Crippen LogP contribution < -0.4 is 0 Å². The first-order valence-electron chi connectivity index (χ1n) is 3.99. The van der Waals surface area contributed by atoms with Gasteiger partial charge < -0.3 is 0 Å². The summed E-state index contributed by atoms with van der Waals surface area (Å²) in [5, 5.41) is 1.67. The number of allylic oxidation sites excluding steroid dienone is 2. The second kappa shape index (κ2) is 3.73. The van der Waals surface area contributed by atoms with Crippen molar-refractivity contribution in [2.75, 3.05) is 0 Å². The van der Waals surface area contributed by atoms with Crippen LogP contribution in [0.15, 0.2) is 11.0 Å². The molecule has 5 heteroatoms. The van der Waals surface area contributed by atoms with Crippen LogP contribution in [0.5, 0.6) is 0 Å². The molecule has 0 saturated heterocycles. The van der Waals surface area contributed by atoms with Gasteiger partial charge >= 0.3 is 6.18 Å². The molecule has 1 rings (SSSR count). The molecule has 0 bridgehead atoms. The molecule has 0 atom stereocenters. The number of aromatic nitrogens is 1. The highest BCUT2D eigenvalue weighted by molar-refractivity contribution is 7.10. The lowest BCUT2D eigenvalue weighted by molar-refractivity contribution is -0.0694. The summed E-state index contributed by atoms with van der Waals surface area (Å²) in [6.07, 6.45) is -4.32. The van der Waals surface area contributed by atoms with Gasteiger partial charge in [0, 0.05) is 11.1 Å². The van der Waals surface area contributed by atoms with E-state index in [1.165, 1.54) is 13.8 Å². The lowest BCUT2D eigenvalue weighted by Crippen LogP contribution is -2.12. The van der Waals surface area contributed by atoms with Crippen molar-refractivity contribution in [1.82, 2.24) is 4.98 Å². The number of halogens is 3. The number of hydrogen-bond donors (Lipinski definition) is 0. The van der Waals surface area contributed by atoms with Crippen LogP contribution in [0.3, 0.4) is 0 Å². The lowest BCUT2D eigenvalue weighted by Gasteiger charge is -2.10.